The lowest BCUT2D eigenvalue weighted by molar-refractivity contribution is -0.142. The second kappa shape index (κ2) is 46.1. The summed E-state index contributed by atoms with van der Waals surface area (Å²) in [5.74, 6) is -0.867. The summed E-state index contributed by atoms with van der Waals surface area (Å²) in [5, 5.41) is 17.8. The molecule has 0 bridgehead atoms. The van der Waals surface area contributed by atoms with Crippen molar-refractivity contribution in [2.24, 2.45) is 0 Å². The van der Waals surface area contributed by atoms with Crippen LogP contribution in [0.25, 0.3) is 0 Å². The maximum absolute atomic E-state index is 13.7. The first-order chi connectivity index (χ1) is 37.2. The lowest BCUT2D eigenvalue weighted by atomic mass is 10.2. The number of nitrogens with one attached hydrogen (secondary N) is 3. The molecule has 0 unspecified atom stereocenters. The summed E-state index contributed by atoms with van der Waals surface area (Å²) in [6.45, 7) is 14.1. The third kappa shape index (κ3) is 39.6. The molecule has 82 heavy (non-hydrogen) atoms. The number of aliphatic carboxylic acids is 1. The normalized spacial score (nSPS) is 17.9. The van der Waals surface area contributed by atoms with Crippen molar-refractivity contribution in [1.82, 2.24) is 30.0 Å². The minimum absolute atomic E-state index is 0. The molecule has 3 aliphatic rings. The molecule has 1 aromatic carbocycles. The van der Waals surface area contributed by atoms with Crippen LogP contribution in [0.1, 0.15) is 74.7 Å². The van der Waals surface area contributed by atoms with Gasteiger partial charge in [-0.15, -0.1) is 12.4 Å². The Morgan fingerprint density at radius 3 is 1.56 bits per heavy atom. The molecule has 3 fully saturated rings. The van der Waals surface area contributed by atoms with Gasteiger partial charge in [0, 0.05) is 144 Å². The number of allylic oxidation sites excluding steroid dienone is 1. The van der Waals surface area contributed by atoms with E-state index in [2.05, 4.69) is 141 Å². The fraction of sp³-hybridized carbons (Fsp3) is 0.511. The Balaban J connectivity index is -0.000000462. The van der Waals surface area contributed by atoms with Gasteiger partial charge in [0.15, 0.2) is 0 Å². The maximum Gasteiger partial charge on any atom is 0.411 e. The number of anilines is 3. The standard InChI is InChI=1S/C16H20BrFN2O3.C10H11BrFN3O.C10H16FNO4.C6H12ClN.C5H5BrN2.ClH.S4.S3.S2.H2S/c1-16(2,3)23-15(22)20-9-11(18)8-13(20)14(21)19-12-6-4-5-10(17)7-12;11-8-2-1-3-9(14-8)15-10(16)7-4-6(12)5-13-7;1-10(2,3)16-9(15)12-5-6(11)4-7(12)8(13)14;1-5(2)6(7)8(3)4;6-4-2-1-3-5(7)8-4;;1-3-4-2;1-3-2;1-2;/h4-7,11,13H,8-9H2,1-3H3,(H,19,21);1-3,6-7,13H,4-5H2,(H,14,15,16);6-7H,4-5H2,1-3H3,(H,13,14);1-4H3;1-3H,(H2,7,8);1H;;;;1H2/t11-,13+;2*6-,7+;;;;;;;/m111......./s1. The summed E-state index contributed by atoms with van der Waals surface area (Å²) >= 11 is 39.7. The Morgan fingerprint density at radius 1 is 0.756 bits per heavy atom. The monoisotopic (exact) mass is 1570 g/mol. The molecule has 17 nitrogen and oxygen atoms in total. The average Bonchev–Trinajstić information content (AvgIpc) is 4.12. The number of pyridine rings is 2. The Hall–Kier alpha value is -2.09. The van der Waals surface area contributed by atoms with Crippen LogP contribution in [0.2, 0.25) is 0 Å². The zero-order valence-corrected chi connectivity index (χ0v) is 60.5. The number of nitrogen functional groups attached to an aromatic ring is 1. The van der Waals surface area contributed by atoms with Gasteiger partial charge < -0.3 is 41.2 Å². The average molecular weight is 1570 g/mol. The van der Waals surface area contributed by atoms with Gasteiger partial charge in [-0.3, -0.25) is 19.4 Å². The number of hydrogen-bond donors (Lipinski definition) is 5. The molecule has 35 heteroatoms. The van der Waals surface area contributed by atoms with Crippen molar-refractivity contribution >= 4 is 226 Å². The SMILES string of the molecule is CC(C)(C)OC(=O)N1C[C@H](F)C[C@H]1C(=O)Nc1cccc(Br)c1.CC(C)(C)OC(=O)N1C[C@H](F)C[C@H]1C(=O)O.CC(C)=C(Cl)N(C)C.Cl.Nc1cccc(Br)n1.O=C(Nc1cccc(Br)n1)[C@@H]1C[C@@H](F)CN1.S.S=S.S=S=S.S=S=S=S. The molecule has 464 valence electrons. The van der Waals surface area contributed by atoms with Gasteiger partial charge in [-0.25, -0.2) is 37.5 Å². The Labute approximate surface area is 560 Å². The van der Waals surface area contributed by atoms with Crippen molar-refractivity contribution in [3.63, 3.8) is 0 Å². The fourth-order valence-electron chi connectivity index (χ4n) is 6.34. The molecule has 2 aromatic heterocycles. The number of carbonyl (C=O) groups is 5. The van der Waals surface area contributed by atoms with E-state index in [1.807, 2.05) is 51.0 Å². The highest BCUT2D eigenvalue weighted by molar-refractivity contribution is 9.11. The van der Waals surface area contributed by atoms with Crippen molar-refractivity contribution in [2.75, 3.05) is 50.1 Å². The van der Waals surface area contributed by atoms with Crippen molar-refractivity contribution in [2.45, 2.75) is 122 Å². The molecule has 6 N–H and O–H groups in total. The van der Waals surface area contributed by atoms with Crippen LogP contribution in [0.15, 0.2) is 85.1 Å². The molecule has 3 saturated heterocycles. The second-order valence-electron chi connectivity index (χ2n) is 18.7. The number of aromatic nitrogens is 2. The third-order valence-corrected chi connectivity index (χ3v) is 13.7. The zero-order chi connectivity index (χ0) is 62.1. The summed E-state index contributed by atoms with van der Waals surface area (Å²) in [6, 6.07) is 15.2. The highest BCUT2D eigenvalue weighted by atomic mass is 79.9. The van der Waals surface area contributed by atoms with E-state index in [0.717, 1.165) is 38.5 Å². The lowest BCUT2D eigenvalue weighted by Gasteiger charge is -2.27. The summed E-state index contributed by atoms with van der Waals surface area (Å²) in [4.78, 5) is 70.6. The first kappa shape index (κ1) is 86.4. The van der Waals surface area contributed by atoms with E-state index >= 15 is 0 Å². The fourth-order valence-corrected chi connectivity index (χ4v) is 7.44. The van der Waals surface area contributed by atoms with Gasteiger partial charge in [0.05, 0.1) is 19.1 Å². The molecule has 3 aromatic rings. The van der Waals surface area contributed by atoms with E-state index in [1.165, 1.54) is 17.8 Å². The largest absolute Gasteiger partial charge is 0.480 e. The van der Waals surface area contributed by atoms with Gasteiger partial charge in [-0.05, 0) is 135 Å². The Bertz CT molecular complexity index is 2600. The number of carboxylic acids is 1. The zero-order valence-electron chi connectivity index (χ0n) is 45.8. The highest BCUT2D eigenvalue weighted by Crippen LogP contribution is 2.26. The number of rotatable bonds is 6. The smallest absolute Gasteiger partial charge is 0.411 e. The summed E-state index contributed by atoms with van der Waals surface area (Å²) in [5.41, 5.74) is 5.64. The number of amides is 4. The van der Waals surface area contributed by atoms with Crippen LogP contribution in [0.5, 0.6) is 0 Å². The van der Waals surface area contributed by atoms with E-state index in [0.29, 0.717) is 21.9 Å². The van der Waals surface area contributed by atoms with Crippen LogP contribution in [0, 0.1) is 0 Å². The predicted molar refractivity (Wildman–Crippen MR) is 363 cm³/mol. The Morgan fingerprint density at radius 2 is 1.21 bits per heavy atom. The van der Waals surface area contributed by atoms with Crippen LogP contribution >= 0.6 is 85.3 Å². The van der Waals surface area contributed by atoms with Crippen molar-refractivity contribution in [3.05, 3.63) is 85.1 Å². The molecule has 6 atom stereocenters. The van der Waals surface area contributed by atoms with Crippen molar-refractivity contribution in [3.8, 4) is 0 Å². The molecule has 6 rings (SSSR count). The number of likely N-dealkylation sites (tertiary alicyclic amines) is 2. The number of halogens is 8. The predicted octanol–water partition coefficient (Wildman–Crippen LogP) is 10.6. The minimum Gasteiger partial charge on any atom is -0.480 e. The number of carboxylic acid groups (broad SMARTS) is 1. The second-order valence-corrected chi connectivity index (χ2v) is 26.9. The highest BCUT2D eigenvalue weighted by Gasteiger charge is 2.43. The molecular weight excluding hydrogens is 1510 g/mol. The van der Waals surface area contributed by atoms with Gasteiger partial charge in [0.2, 0.25) is 11.8 Å². The summed E-state index contributed by atoms with van der Waals surface area (Å²) < 4.78 is 52.2. The number of ether oxygens (including phenoxy) is 2. The van der Waals surface area contributed by atoms with E-state index in [9.17, 15) is 37.1 Å². The molecular formula is C47H67Br3Cl2F3N9O8S10. The summed E-state index contributed by atoms with van der Waals surface area (Å²) in [7, 11) is 7.11. The molecule has 0 aliphatic carbocycles. The van der Waals surface area contributed by atoms with E-state index < -0.39 is 71.9 Å². The number of carbonyl (C=O) groups excluding carboxylic acids is 4. The van der Waals surface area contributed by atoms with Crippen LogP contribution in [-0.4, -0.2) is 141 Å². The number of hydrogen-bond acceptors (Lipinski definition) is 18. The topological polar surface area (TPSA) is 222 Å². The molecule has 5 heterocycles. The first-order valence-electron chi connectivity index (χ1n) is 23.1. The maximum atomic E-state index is 13.7. The van der Waals surface area contributed by atoms with Crippen LogP contribution in [0.4, 0.5) is 40.1 Å². The van der Waals surface area contributed by atoms with Gasteiger partial charge >= 0.3 is 18.2 Å². The van der Waals surface area contributed by atoms with Gasteiger partial charge in [-0.1, -0.05) is 45.7 Å². The Kier molecular flexibility index (Phi) is 48.6. The lowest BCUT2D eigenvalue weighted by Crippen LogP contribution is -2.45. The van der Waals surface area contributed by atoms with Gasteiger partial charge in [0.1, 0.15) is 67.8 Å². The molecule has 4 amide bonds. The molecule has 0 spiro atoms. The number of nitrogens with two attached hydrogens (primary N) is 1. The van der Waals surface area contributed by atoms with Crippen molar-refractivity contribution in [1.29, 1.82) is 0 Å². The van der Waals surface area contributed by atoms with E-state index in [-0.39, 0.29) is 70.7 Å². The minimum atomic E-state index is -1.30. The first-order valence-corrected chi connectivity index (χ1v) is 33.9. The number of nitrogens with zero attached hydrogens (tertiary/aromatic N) is 5. The van der Waals surface area contributed by atoms with Crippen molar-refractivity contribution < 1.29 is 51.7 Å². The van der Waals surface area contributed by atoms with Crippen LogP contribution in [-0.2, 0) is 118 Å². The van der Waals surface area contributed by atoms with Crippen LogP contribution in [0.3, 0.4) is 0 Å². The summed E-state index contributed by atoms with van der Waals surface area (Å²) in [6.07, 6.45) is -4.90. The molecule has 0 radical (unpaired) electrons. The number of alkyl halides is 3. The van der Waals surface area contributed by atoms with Gasteiger partial charge in [0.25, 0.3) is 0 Å². The number of benzene rings is 1. The molecule has 0 saturated carbocycles. The third-order valence-electron chi connectivity index (χ3n) is 9.37. The van der Waals surface area contributed by atoms with Crippen LogP contribution < -0.4 is 21.7 Å². The van der Waals surface area contributed by atoms with Gasteiger partial charge in [-0.2, -0.15) is 13.5 Å². The quantitative estimate of drug-likeness (QED) is 0.114. The molecule has 3 aliphatic heterocycles. The van der Waals surface area contributed by atoms with E-state index in [4.69, 9.17) is 31.9 Å². The van der Waals surface area contributed by atoms with E-state index in [1.54, 1.807) is 84.0 Å².